The highest BCUT2D eigenvalue weighted by atomic mass is 16.4. The van der Waals surface area contributed by atoms with Gasteiger partial charge in [0.05, 0.1) is 0 Å². The first kappa shape index (κ1) is 17.3. The third-order valence-electron chi connectivity index (χ3n) is 4.29. The average Bonchev–Trinajstić information content (AvgIpc) is 2.44. The Morgan fingerprint density at radius 3 is 1.79 bits per heavy atom. The van der Waals surface area contributed by atoms with Crippen LogP contribution < -0.4 is 11.3 Å². The lowest BCUT2D eigenvalue weighted by atomic mass is 9.85. The van der Waals surface area contributed by atoms with Crippen LogP contribution in [0.25, 0.3) is 11.1 Å². The van der Waals surface area contributed by atoms with E-state index in [0.29, 0.717) is 16.7 Å². The molecule has 0 aliphatic carbocycles. The van der Waals surface area contributed by atoms with Crippen LogP contribution in [0.2, 0.25) is 0 Å². The molecule has 0 spiro atoms. The van der Waals surface area contributed by atoms with E-state index in [1.807, 2.05) is 19.9 Å². The molecule has 126 valence electrons. The normalized spacial score (nSPS) is 10.7. The Morgan fingerprint density at radius 2 is 1.38 bits per heavy atom. The zero-order valence-corrected chi connectivity index (χ0v) is 13.8. The van der Waals surface area contributed by atoms with E-state index >= 15 is 0 Å². The number of benzene rings is 1. The molecule has 0 bridgehead atoms. The Balaban J connectivity index is 3.18. The van der Waals surface area contributed by atoms with E-state index in [1.165, 1.54) is 0 Å². The van der Waals surface area contributed by atoms with Crippen LogP contribution in [0.5, 0.6) is 0 Å². The monoisotopic (exact) mass is 330 g/mol. The third-order valence-corrected chi connectivity index (χ3v) is 4.29. The van der Waals surface area contributed by atoms with Crippen molar-refractivity contribution in [2.45, 2.75) is 27.7 Å². The second-order valence-corrected chi connectivity index (χ2v) is 5.74. The van der Waals surface area contributed by atoms with Crippen molar-refractivity contribution in [2.75, 3.05) is 5.73 Å². The lowest BCUT2D eigenvalue weighted by Gasteiger charge is -2.19. The van der Waals surface area contributed by atoms with Gasteiger partial charge in [-0.3, -0.25) is 4.79 Å². The SMILES string of the molecule is Cc1cc(C)c(C)c(-c2c(C(=O)O)c(N)[nH]c(=O)c2C(=O)O)c1C. The molecule has 0 radical (unpaired) electrons. The molecule has 2 aromatic rings. The van der Waals surface area contributed by atoms with Gasteiger partial charge in [0.15, 0.2) is 0 Å². The molecule has 1 aromatic carbocycles. The van der Waals surface area contributed by atoms with Gasteiger partial charge in [0.25, 0.3) is 5.56 Å². The maximum Gasteiger partial charge on any atom is 0.342 e. The van der Waals surface area contributed by atoms with E-state index in [9.17, 15) is 24.6 Å². The highest BCUT2D eigenvalue weighted by Crippen LogP contribution is 2.36. The fourth-order valence-electron chi connectivity index (χ4n) is 2.89. The van der Waals surface area contributed by atoms with Crippen LogP contribution in [0, 0.1) is 27.7 Å². The molecular formula is C17H18N2O5. The fourth-order valence-corrected chi connectivity index (χ4v) is 2.89. The Labute approximate surface area is 137 Å². The second kappa shape index (κ2) is 5.84. The highest BCUT2D eigenvalue weighted by Gasteiger charge is 2.28. The van der Waals surface area contributed by atoms with E-state index in [4.69, 9.17) is 5.73 Å². The van der Waals surface area contributed by atoms with Gasteiger partial charge in [0.2, 0.25) is 0 Å². The van der Waals surface area contributed by atoms with Gasteiger partial charge >= 0.3 is 11.9 Å². The minimum atomic E-state index is -1.51. The highest BCUT2D eigenvalue weighted by molar-refractivity contribution is 6.08. The zero-order valence-electron chi connectivity index (χ0n) is 13.8. The summed E-state index contributed by atoms with van der Waals surface area (Å²) in [5.74, 6) is -3.28. The molecule has 0 saturated carbocycles. The molecule has 7 nitrogen and oxygen atoms in total. The lowest BCUT2D eigenvalue weighted by molar-refractivity contribution is 0.0695. The molecule has 0 unspecified atom stereocenters. The first-order valence-electron chi connectivity index (χ1n) is 7.18. The number of aromatic amines is 1. The topological polar surface area (TPSA) is 133 Å². The van der Waals surface area contributed by atoms with Gasteiger partial charge in [-0.2, -0.15) is 0 Å². The molecule has 0 fully saturated rings. The first-order chi connectivity index (χ1) is 11.1. The molecule has 2 rings (SSSR count). The van der Waals surface area contributed by atoms with Gasteiger partial charge in [0.1, 0.15) is 16.9 Å². The number of H-pyrrole nitrogens is 1. The largest absolute Gasteiger partial charge is 0.478 e. The van der Waals surface area contributed by atoms with Gasteiger partial charge in [-0.05, 0) is 55.5 Å². The summed E-state index contributed by atoms with van der Waals surface area (Å²) in [6, 6.07) is 1.92. The van der Waals surface area contributed by atoms with Gasteiger partial charge in [-0.1, -0.05) is 6.07 Å². The summed E-state index contributed by atoms with van der Waals surface area (Å²) in [6.07, 6.45) is 0. The van der Waals surface area contributed by atoms with Crippen molar-refractivity contribution in [1.29, 1.82) is 0 Å². The van der Waals surface area contributed by atoms with Crippen LogP contribution in [0.15, 0.2) is 10.9 Å². The number of nitrogen functional groups attached to an aromatic ring is 1. The number of aryl methyl sites for hydroxylation is 2. The molecule has 1 aromatic heterocycles. The summed E-state index contributed by atoms with van der Waals surface area (Å²) in [4.78, 5) is 37.6. The maximum absolute atomic E-state index is 12.1. The van der Waals surface area contributed by atoms with E-state index in [-0.39, 0.29) is 11.4 Å². The Kier molecular flexibility index (Phi) is 4.20. The smallest absolute Gasteiger partial charge is 0.342 e. The Hall–Kier alpha value is -3.09. The van der Waals surface area contributed by atoms with Crippen molar-refractivity contribution in [2.24, 2.45) is 0 Å². The van der Waals surface area contributed by atoms with Crippen molar-refractivity contribution >= 4 is 17.8 Å². The minimum Gasteiger partial charge on any atom is -0.478 e. The Bertz CT molecular complexity index is 915. The zero-order chi connectivity index (χ0) is 18.3. The number of rotatable bonds is 3. The number of carbonyl (C=O) groups is 2. The molecule has 0 aliphatic rings. The molecule has 1 heterocycles. The summed E-state index contributed by atoms with van der Waals surface area (Å²) >= 11 is 0. The van der Waals surface area contributed by atoms with E-state index in [0.717, 1.165) is 11.1 Å². The minimum absolute atomic E-state index is 0.155. The van der Waals surface area contributed by atoms with E-state index < -0.39 is 28.6 Å². The second-order valence-electron chi connectivity index (χ2n) is 5.74. The molecule has 0 amide bonds. The van der Waals surface area contributed by atoms with Crippen molar-refractivity contribution in [3.05, 3.63) is 49.8 Å². The number of nitrogens with one attached hydrogen (secondary N) is 1. The predicted octanol–water partition coefficient (Wildman–Crippen LogP) is 2.25. The maximum atomic E-state index is 12.1. The number of carboxylic acids is 2. The molecule has 5 N–H and O–H groups in total. The lowest BCUT2D eigenvalue weighted by Crippen LogP contribution is -2.24. The summed E-state index contributed by atoms with van der Waals surface area (Å²) in [5.41, 5.74) is 7.09. The fraction of sp³-hybridized carbons (Fsp3) is 0.235. The number of hydrogen-bond acceptors (Lipinski definition) is 4. The van der Waals surface area contributed by atoms with Crippen LogP contribution in [0.4, 0.5) is 5.82 Å². The van der Waals surface area contributed by atoms with E-state index in [1.54, 1.807) is 13.8 Å². The van der Waals surface area contributed by atoms with E-state index in [2.05, 4.69) is 4.98 Å². The van der Waals surface area contributed by atoms with Crippen LogP contribution in [-0.4, -0.2) is 27.1 Å². The summed E-state index contributed by atoms with van der Waals surface area (Å²) in [7, 11) is 0. The summed E-state index contributed by atoms with van der Waals surface area (Å²) < 4.78 is 0. The van der Waals surface area contributed by atoms with Gasteiger partial charge in [0, 0.05) is 5.56 Å². The molecule has 0 atom stereocenters. The average molecular weight is 330 g/mol. The standard InChI is InChI=1S/C17H18N2O5/c1-6-5-7(2)9(4)10(8(6)3)11-12(16(21)22)14(18)19-15(20)13(11)17(23)24/h5H,1-4H3,(H,21,22)(H,23,24)(H3,18,19,20). The van der Waals surface area contributed by atoms with Crippen LogP contribution in [-0.2, 0) is 0 Å². The van der Waals surface area contributed by atoms with Crippen LogP contribution in [0.1, 0.15) is 43.0 Å². The van der Waals surface area contributed by atoms with Crippen LogP contribution >= 0.6 is 0 Å². The van der Waals surface area contributed by atoms with Crippen molar-refractivity contribution in [3.8, 4) is 11.1 Å². The van der Waals surface area contributed by atoms with Crippen molar-refractivity contribution < 1.29 is 19.8 Å². The van der Waals surface area contributed by atoms with Crippen molar-refractivity contribution in [3.63, 3.8) is 0 Å². The number of aromatic carboxylic acids is 2. The third kappa shape index (κ3) is 2.54. The van der Waals surface area contributed by atoms with Gasteiger partial charge in [-0.25, -0.2) is 9.59 Å². The molecule has 24 heavy (non-hydrogen) atoms. The first-order valence-corrected chi connectivity index (χ1v) is 7.18. The molecule has 7 heteroatoms. The summed E-state index contributed by atoms with van der Waals surface area (Å²) in [5, 5.41) is 19.0. The molecule has 0 aliphatic heterocycles. The summed E-state index contributed by atoms with van der Waals surface area (Å²) in [6.45, 7) is 7.18. The number of anilines is 1. The van der Waals surface area contributed by atoms with Gasteiger partial charge in [-0.15, -0.1) is 0 Å². The number of pyridine rings is 1. The molecular weight excluding hydrogens is 312 g/mol. The Morgan fingerprint density at radius 1 is 0.917 bits per heavy atom. The molecule has 0 saturated heterocycles. The number of aromatic nitrogens is 1. The number of carboxylic acid groups (broad SMARTS) is 2. The number of hydrogen-bond donors (Lipinski definition) is 4. The number of nitrogens with two attached hydrogens (primary N) is 1. The van der Waals surface area contributed by atoms with Crippen molar-refractivity contribution in [1.82, 2.24) is 4.98 Å². The predicted molar refractivity (Wildman–Crippen MR) is 89.8 cm³/mol. The van der Waals surface area contributed by atoms with Gasteiger partial charge < -0.3 is 20.9 Å². The van der Waals surface area contributed by atoms with Crippen LogP contribution in [0.3, 0.4) is 0 Å². The quantitative estimate of drug-likeness (QED) is 0.682.